The summed E-state index contributed by atoms with van der Waals surface area (Å²) in [6.07, 6.45) is -3.51. The van der Waals surface area contributed by atoms with E-state index in [1.807, 2.05) is 0 Å². The molecular weight excluding hydrogens is 193 g/mol. The summed E-state index contributed by atoms with van der Waals surface area (Å²) >= 11 is 0. The molecule has 1 aliphatic rings. The number of rotatable bonds is 0. The Bertz CT molecular complexity index is 139. The van der Waals surface area contributed by atoms with Gasteiger partial charge in [-0.25, -0.2) is 0 Å². The van der Waals surface area contributed by atoms with Gasteiger partial charge in [-0.1, -0.05) is 0 Å². The van der Waals surface area contributed by atoms with Crippen LogP contribution in [0, 0.1) is 0 Å². The van der Waals surface area contributed by atoms with Gasteiger partial charge in [0.1, 0.15) is 6.04 Å². The van der Waals surface area contributed by atoms with Crippen molar-refractivity contribution in [3.05, 3.63) is 0 Å². The van der Waals surface area contributed by atoms with E-state index in [4.69, 9.17) is 5.73 Å². The fraction of sp³-hybridized carbons (Fsp3) is 1.00. The summed E-state index contributed by atoms with van der Waals surface area (Å²) in [5.74, 6) is 0. The molecule has 1 aliphatic heterocycles. The molecule has 0 amide bonds. The third kappa shape index (κ3) is 3.16. The second-order valence-corrected chi connectivity index (χ2v) is 2.83. The first-order valence-electron chi connectivity index (χ1n) is 3.56. The first-order chi connectivity index (χ1) is 5.00. The summed E-state index contributed by atoms with van der Waals surface area (Å²) in [6, 6.07) is -1.70. The fourth-order valence-electron chi connectivity index (χ4n) is 1.20. The van der Waals surface area contributed by atoms with E-state index >= 15 is 0 Å². The maximum Gasteiger partial charge on any atom is 0.403 e. The lowest BCUT2D eigenvalue weighted by atomic mass is 10.0. The van der Waals surface area contributed by atoms with Crippen LogP contribution in [0.5, 0.6) is 0 Å². The van der Waals surface area contributed by atoms with Crippen LogP contribution in [0.3, 0.4) is 0 Å². The zero-order valence-corrected chi connectivity index (χ0v) is 7.21. The largest absolute Gasteiger partial charge is 0.403 e. The van der Waals surface area contributed by atoms with Crippen molar-refractivity contribution >= 4 is 12.4 Å². The predicted octanol–water partition coefficient (Wildman–Crippen LogP) is 1.05. The molecule has 0 aromatic rings. The highest BCUT2D eigenvalue weighted by molar-refractivity contribution is 5.85. The zero-order chi connectivity index (χ0) is 8.48. The van der Waals surface area contributed by atoms with Crippen LogP contribution >= 0.6 is 12.4 Å². The quantitative estimate of drug-likeness (QED) is 0.619. The molecule has 0 aliphatic carbocycles. The van der Waals surface area contributed by atoms with Gasteiger partial charge in [0.25, 0.3) is 0 Å². The van der Waals surface area contributed by atoms with Gasteiger partial charge in [-0.2, -0.15) is 13.2 Å². The van der Waals surface area contributed by atoms with Crippen LogP contribution in [0.15, 0.2) is 0 Å². The van der Waals surface area contributed by atoms with E-state index in [0.717, 1.165) is 0 Å². The van der Waals surface area contributed by atoms with E-state index in [1.54, 1.807) is 0 Å². The Morgan fingerprint density at radius 1 is 1.33 bits per heavy atom. The molecule has 1 fully saturated rings. The number of piperidine rings is 1. The lowest BCUT2D eigenvalue weighted by molar-refractivity contribution is -0.161. The Morgan fingerprint density at radius 2 is 1.92 bits per heavy atom. The van der Waals surface area contributed by atoms with Crippen molar-refractivity contribution in [1.82, 2.24) is 5.32 Å². The highest BCUT2D eigenvalue weighted by Crippen LogP contribution is 2.25. The fourth-order valence-corrected chi connectivity index (χ4v) is 1.20. The average molecular weight is 205 g/mol. The molecule has 0 spiro atoms. The van der Waals surface area contributed by atoms with Crippen LogP contribution in [0.2, 0.25) is 0 Å². The van der Waals surface area contributed by atoms with Gasteiger partial charge < -0.3 is 11.1 Å². The molecule has 3 N–H and O–H groups in total. The molecule has 2 atom stereocenters. The van der Waals surface area contributed by atoms with Crippen LogP contribution in [0.25, 0.3) is 0 Å². The summed E-state index contributed by atoms with van der Waals surface area (Å²) in [5.41, 5.74) is 5.38. The van der Waals surface area contributed by atoms with Crippen molar-refractivity contribution in [2.45, 2.75) is 31.1 Å². The van der Waals surface area contributed by atoms with Gasteiger partial charge in [0, 0.05) is 6.04 Å². The standard InChI is InChI=1S/C6H11F3N2.ClH/c7-6(8,9)5-3-4(10)1-2-11-5;/h4-5,11H,1-3,10H2;1H. The number of hydrogen-bond donors (Lipinski definition) is 2. The molecule has 1 saturated heterocycles. The number of nitrogens with two attached hydrogens (primary N) is 1. The van der Waals surface area contributed by atoms with E-state index in [-0.39, 0.29) is 24.9 Å². The van der Waals surface area contributed by atoms with Crippen molar-refractivity contribution in [2.24, 2.45) is 5.73 Å². The predicted molar refractivity (Wildman–Crippen MR) is 42.3 cm³/mol. The average Bonchev–Trinajstić information content (AvgIpc) is 1.86. The number of hydrogen-bond acceptors (Lipinski definition) is 2. The molecular formula is C6H12ClF3N2. The minimum absolute atomic E-state index is 0. The first-order valence-corrected chi connectivity index (χ1v) is 3.56. The molecule has 0 bridgehead atoms. The first kappa shape index (κ1) is 12.0. The van der Waals surface area contributed by atoms with Crippen molar-refractivity contribution in [1.29, 1.82) is 0 Å². The van der Waals surface area contributed by atoms with E-state index in [0.29, 0.717) is 13.0 Å². The Balaban J connectivity index is 0.00000121. The molecule has 2 unspecified atom stereocenters. The molecule has 2 nitrogen and oxygen atoms in total. The zero-order valence-electron chi connectivity index (χ0n) is 6.40. The van der Waals surface area contributed by atoms with Crippen LogP contribution in [0.4, 0.5) is 13.2 Å². The molecule has 74 valence electrons. The van der Waals surface area contributed by atoms with Crippen LogP contribution < -0.4 is 11.1 Å². The topological polar surface area (TPSA) is 38.0 Å². The van der Waals surface area contributed by atoms with Crippen molar-refractivity contribution < 1.29 is 13.2 Å². The minimum Gasteiger partial charge on any atom is -0.328 e. The van der Waals surface area contributed by atoms with E-state index in [1.165, 1.54) is 0 Å². The van der Waals surface area contributed by atoms with Gasteiger partial charge in [-0.3, -0.25) is 0 Å². The lowest BCUT2D eigenvalue weighted by Crippen LogP contribution is -2.51. The summed E-state index contributed by atoms with van der Waals surface area (Å²) in [7, 11) is 0. The van der Waals surface area contributed by atoms with Crippen LogP contribution in [-0.2, 0) is 0 Å². The SMILES string of the molecule is Cl.NC1CCNC(C(F)(F)F)C1. The van der Waals surface area contributed by atoms with E-state index in [2.05, 4.69) is 5.32 Å². The summed E-state index contributed by atoms with van der Waals surface area (Å²) < 4.78 is 36.0. The van der Waals surface area contributed by atoms with E-state index in [9.17, 15) is 13.2 Å². The third-order valence-electron chi connectivity index (χ3n) is 1.84. The molecule has 0 aromatic heterocycles. The van der Waals surface area contributed by atoms with Crippen molar-refractivity contribution in [2.75, 3.05) is 6.54 Å². The van der Waals surface area contributed by atoms with Gasteiger partial charge in [0.05, 0.1) is 0 Å². The van der Waals surface area contributed by atoms with Crippen molar-refractivity contribution in [3.8, 4) is 0 Å². The van der Waals surface area contributed by atoms with Crippen LogP contribution in [0.1, 0.15) is 12.8 Å². The Hall–Kier alpha value is -0.0000000000000000555. The van der Waals surface area contributed by atoms with E-state index < -0.39 is 12.2 Å². The summed E-state index contributed by atoms with van der Waals surface area (Å²) in [6.45, 7) is 0.366. The molecule has 1 rings (SSSR count). The van der Waals surface area contributed by atoms with Gasteiger partial charge in [-0.05, 0) is 19.4 Å². The highest BCUT2D eigenvalue weighted by atomic mass is 35.5. The second-order valence-electron chi connectivity index (χ2n) is 2.83. The maximum atomic E-state index is 12.0. The minimum atomic E-state index is -4.14. The van der Waals surface area contributed by atoms with Gasteiger partial charge in [0.2, 0.25) is 0 Å². The number of alkyl halides is 3. The van der Waals surface area contributed by atoms with Gasteiger partial charge in [-0.15, -0.1) is 12.4 Å². The second kappa shape index (κ2) is 4.30. The Morgan fingerprint density at radius 3 is 2.25 bits per heavy atom. The smallest absolute Gasteiger partial charge is 0.328 e. The summed E-state index contributed by atoms with van der Waals surface area (Å²) in [5, 5.41) is 2.38. The summed E-state index contributed by atoms with van der Waals surface area (Å²) in [4.78, 5) is 0. The molecule has 0 aromatic carbocycles. The monoisotopic (exact) mass is 204 g/mol. The Kier molecular flexibility index (Phi) is 4.30. The van der Waals surface area contributed by atoms with Gasteiger partial charge >= 0.3 is 6.18 Å². The molecule has 0 saturated carbocycles. The molecule has 12 heavy (non-hydrogen) atoms. The molecule has 1 heterocycles. The molecule has 0 radical (unpaired) electrons. The lowest BCUT2D eigenvalue weighted by Gasteiger charge is -2.29. The highest BCUT2D eigenvalue weighted by Gasteiger charge is 2.41. The third-order valence-corrected chi connectivity index (χ3v) is 1.84. The molecule has 6 heteroatoms. The Labute approximate surface area is 75.1 Å². The van der Waals surface area contributed by atoms with Crippen LogP contribution in [-0.4, -0.2) is 24.8 Å². The number of nitrogens with one attached hydrogen (secondary N) is 1. The number of halogens is 4. The normalized spacial score (nSPS) is 31.0. The van der Waals surface area contributed by atoms with Gasteiger partial charge in [0.15, 0.2) is 0 Å². The maximum absolute atomic E-state index is 12.0. The van der Waals surface area contributed by atoms with Crippen molar-refractivity contribution in [3.63, 3.8) is 0 Å².